The number of benzene rings is 3. The van der Waals surface area contributed by atoms with Gasteiger partial charge in [-0.2, -0.15) is 0 Å². The Labute approximate surface area is 200 Å². The number of aromatic nitrogens is 3. The number of nitrogens with one attached hydrogen (secondary N) is 1. The zero-order valence-electron chi connectivity index (χ0n) is 18.6. The number of hydrogen-bond donors (Lipinski definition) is 1. The first-order chi connectivity index (χ1) is 16.4. The van der Waals surface area contributed by atoms with Crippen LogP contribution in [-0.2, 0) is 11.4 Å². The van der Waals surface area contributed by atoms with Crippen LogP contribution >= 0.6 is 11.8 Å². The van der Waals surface area contributed by atoms with Gasteiger partial charge in [-0.3, -0.25) is 9.36 Å². The summed E-state index contributed by atoms with van der Waals surface area (Å²) >= 11 is 1.13. The lowest BCUT2D eigenvalue weighted by atomic mass is 10.1. The molecule has 1 amide bonds. The second-order valence-electron chi connectivity index (χ2n) is 7.54. The molecule has 4 rings (SSSR count). The van der Waals surface area contributed by atoms with E-state index in [1.807, 2.05) is 66.9 Å². The zero-order chi connectivity index (χ0) is 24.1. The molecule has 0 atom stereocenters. The molecular weight excluding hydrogens is 458 g/mol. The van der Waals surface area contributed by atoms with Gasteiger partial charge in [-0.05, 0) is 49.2 Å². The van der Waals surface area contributed by atoms with Gasteiger partial charge < -0.3 is 10.1 Å². The molecule has 0 saturated carbocycles. The molecular formula is C25H22F2N4O2S. The summed E-state index contributed by atoms with van der Waals surface area (Å²) in [4.78, 5) is 12.4. The average molecular weight is 481 g/mol. The summed E-state index contributed by atoms with van der Waals surface area (Å²) < 4.78 is 35.1. The van der Waals surface area contributed by atoms with Gasteiger partial charge in [-0.25, -0.2) is 8.78 Å². The minimum atomic E-state index is -0.710. The number of hydrogen-bond acceptors (Lipinski definition) is 5. The van der Waals surface area contributed by atoms with Crippen LogP contribution in [0, 0.1) is 25.5 Å². The molecule has 174 valence electrons. The fourth-order valence-electron chi connectivity index (χ4n) is 3.40. The van der Waals surface area contributed by atoms with E-state index >= 15 is 0 Å². The van der Waals surface area contributed by atoms with Crippen LogP contribution in [0.1, 0.15) is 17.0 Å². The van der Waals surface area contributed by atoms with Crippen molar-refractivity contribution in [1.29, 1.82) is 0 Å². The maximum Gasteiger partial charge on any atom is 0.234 e. The summed E-state index contributed by atoms with van der Waals surface area (Å²) in [7, 11) is 0. The molecule has 34 heavy (non-hydrogen) atoms. The minimum Gasteiger partial charge on any atom is -0.485 e. The zero-order valence-corrected chi connectivity index (χ0v) is 19.4. The van der Waals surface area contributed by atoms with Crippen molar-refractivity contribution in [2.45, 2.75) is 25.6 Å². The number of thioether (sulfide) groups is 1. The third kappa shape index (κ3) is 5.43. The van der Waals surface area contributed by atoms with Crippen molar-refractivity contribution in [3.8, 4) is 11.4 Å². The molecule has 9 heteroatoms. The molecule has 4 aromatic rings. The lowest BCUT2D eigenvalue weighted by Gasteiger charge is -2.13. The van der Waals surface area contributed by atoms with Crippen LogP contribution < -0.4 is 10.1 Å². The molecule has 3 aromatic carbocycles. The number of rotatable bonds is 8. The fourth-order valence-corrected chi connectivity index (χ4v) is 4.17. The van der Waals surface area contributed by atoms with Crippen LogP contribution in [-0.4, -0.2) is 26.4 Å². The van der Waals surface area contributed by atoms with Gasteiger partial charge in [0.1, 0.15) is 24.0 Å². The van der Waals surface area contributed by atoms with E-state index in [2.05, 4.69) is 15.5 Å². The van der Waals surface area contributed by atoms with E-state index < -0.39 is 17.5 Å². The highest BCUT2D eigenvalue weighted by molar-refractivity contribution is 7.99. The van der Waals surface area contributed by atoms with Gasteiger partial charge in [-0.15, -0.1) is 10.2 Å². The molecule has 0 aliphatic carbocycles. The number of carbonyl (C=O) groups is 1. The van der Waals surface area contributed by atoms with E-state index in [1.54, 1.807) is 0 Å². The number of carbonyl (C=O) groups excluding carboxylic acids is 1. The quantitative estimate of drug-likeness (QED) is 0.339. The maximum atomic E-state index is 13.8. The Morgan fingerprint density at radius 3 is 2.47 bits per heavy atom. The highest BCUT2D eigenvalue weighted by Gasteiger charge is 2.18. The van der Waals surface area contributed by atoms with Crippen molar-refractivity contribution < 1.29 is 18.3 Å². The Balaban J connectivity index is 1.52. The van der Waals surface area contributed by atoms with Gasteiger partial charge in [0.05, 0.1) is 11.4 Å². The van der Waals surface area contributed by atoms with Crippen LogP contribution in [0.15, 0.2) is 71.9 Å². The fraction of sp³-hybridized carbons (Fsp3) is 0.160. The van der Waals surface area contributed by atoms with Crippen molar-refractivity contribution in [1.82, 2.24) is 14.8 Å². The second kappa shape index (κ2) is 10.5. The molecule has 0 aliphatic rings. The van der Waals surface area contributed by atoms with Crippen molar-refractivity contribution >= 4 is 23.4 Å². The lowest BCUT2D eigenvalue weighted by molar-refractivity contribution is -0.113. The third-order valence-corrected chi connectivity index (χ3v) is 5.93. The molecule has 1 heterocycles. The first-order valence-electron chi connectivity index (χ1n) is 10.5. The molecule has 0 fully saturated rings. The number of anilines is 1. The molecule has 0 unspecified atom stereocenters. The molecule has 0 spiro atoms. The molecule has 0 radical (unpaired) electrons. The highest BCUT2D eigenvalue weighted by Crippen LogP contribution is 2.26. The molecule has 0 bridgehead atoms. The number of halogens is 2. The van der Waals surface area contributed by atoms with Gasteiger partial charge in [0.2, 0.25) is 5.91 Å². The van der Waals surface area contributed by atoms with Gasteiger partial charge in [0, 0.05) is 11.8 Å². The molecule has 1 aromatic heterocycles. The number of para-hydroxylation sites is 2. The van der Waals surface area contributed by atoms with E-state index in [4.69, 9.17) is 4.74 Å². The summed E-state index contributed by atoms with van der Waals surface area (Å²) in [5, 5.41) is 11.4. The van der Waals surface area contributed by atoms with Crippen LogP contribution in [0.2, 0.25) is 0 Å². The minimum absolute atomic E-state index is 0.0708. The Hall–Kier alpha value is -3.72. The SMILES string of the molecule is Cc1cccc(C)c1OCc1nnc(SCC(=O)Nc2cc(F)ccc2F)n1-c1ccccc1. The average Bonchev–Trinajstić information content (AvgIpc) is 3.23. The van der Waals surface area contributed by atoms with Gasteiger partial charge in [-0.1, -0.05) is 48.2 Å². The normalized spacial score (nSPS) is 10.8. The van der Waals surface area contributed by atoms with E-state index in [0.717, 1.165) is 52.5 Å². The number of amides is 1. The number of aryl methyl sites for hydroxylation is 2. The highest BCUT2D eigenvalue weighted by atomic mass is 32.2. The first-order valence-corrected chi connectivity index (χ1v) is 11.5. The number of ether oxygens (including phenoxy) is 1. The van der Waals surface area contributed by atoms with Crippen LogP contribution in [0.5, 0.6) is 5.75 Å². The summed E-state index contributed by atoms with van der Waals surface area (Å²) in [6, 6.07) is 18.3. The summed E-state index contributed by atoms with van der Waals surface area (Å²) in [5.74, 6) is -0.562. The summed E-state index contributed by atoms with van der Waals surface area (Å²) in [5.41, 5.74) is 2.63. The van der Waals surface area contributed by atoms with Gasteiger partial charge in [0.25, 0.3) is 0 Å². The van der Waals surface area contributed by atoms with Crippen molar-refractivity contribution in [3.05, 3.63) is 95.3 Å². The molecule has 0 aliphatic heterocycles. The van der Waals surface area contributed by atoms with Crippen molar-refractivity contribution in [2.75, 3.05) is 11.1 Å². The predicted octanol–water partition coefficient (Wildman–Crippen LogP) is 5.47. The summed E-state index contributed by atoms with van der Waals surface area (Å²) in [6.07, 6.45) is 0. The van der Waals surface area contributed by atoms with Crippen LogP contribution in [0.3, 0.4) is 0 Å². The second-order valence-corrected chi connectivity index (χ2v) is 8.48. The van der Waals surface area contributed by atoms with E-state index in [9.17, 15) is 13.6 Å². The predicted molar refractivity (Wildman–Crippen MR) is 127 cm³/mol. The smallest absolute Gasteiger partial charge is 0.234 e. The third-order valence-electron chi connectivity index (χ3n) is 5.00. The van der Waals surface area contributed by atoms with Crippen LogP contribution in [0.25, 0.3) is 5.69 Å². The van der Waals surface area contributed by atoms with Crippen LogP contribution in [0.4, 0.5) is 14.5 Å². The largest absolute Gasteiger partial charge is 0.485 e. The Kier molecular flexibility index (Phi) is 7.22. The van der Waals surface area contributed by atoms with Crippen molar-refractivity contribution in [3.63, 3.8) is 0 Å². The monoisotopic (exact) mass is 480 g/mol. The Morgan fingerprint density at radius 2 is 1.74 bits per heavy atom. The summed E-state index contributed by atoms with van der Waals surface area (Å²) in [6.45, 7) is 4.13. The van der Waals surface area contributed by atoms with E-state index in [1.165, 1.54) is 0 Å². The van der Waals surface area contributed by atoms with Gasteiger partial charge >= 0.3 is 0 Å². The number of nitrogens with zero attached hydrogens (tertiary/aromatic N) is 3. The molecule has 6 nitrogen and oxygen atoms in total. The topological polar surface area (TPSA) is 69.0 Å². The van der Waals surface area contributed by atoms with Gasteiger partial charge in [0.15, 0.2) is 11.0 Å². The maximum absolute atomic E-state index is 13.8. The Bertz CT molecular complexity index is 1290. The van der Waals surface area contributed by atoms with E-state index in [-0.39, 0.29) is 18.0 Å². The Morgan fingerprint density at radius 1 is 1.00 bits per heavy atom. The lowest BCUT2D eigenvalue weighted by Crippen LogP contribution is -2.16. The molecule has 1 N–H and O–H groups in total. The van der Waals surface area contributed by atoms with Crippen molar-refractivity contribution in [2.24, 2.45) is 0 Å². The standard InChI is InChI=1S/C25H22F2N4O2S/c1-16-7-6-8-17(2)24(16)33-14-22-29-30-25(31(22)19-9-4-3-5-10-19)34-15-23(32)28-21-13-18(26)11-12-20(21)27/h3-13H,14-15H2,1-2H3,(H,28,32). The molecule has 0 saturated heterocycles. The first kappa shape index (κ1) is 23.4. The van der Waals surface area contributed by atoms with E-state index in [0.29, 0.717) is 11.0 Å².